The number of methoxy groups -OCH3 is 3. The smallest absolute Gasteiger partial charge is 0.283 e. The van der Waals surface area contributed by atoms with Crippen LogP contribution in [0.1, 0.15) is 16.1 Å². The molecule has 10 nitrogen and oxygen atoms in total. The van der Waals surface area contributed by atoms with E-state index in [1.54, 1.807) is 29.2 Å². The molecular weight excluding hydrogens is 448 g/mol. The van der Waals surface area contributed by atoms with Crippen LogP contribution in [-0.4, -0.2) is 50.4 Å². The lowest BCUT2D eigenvalue weighted by molar-refractivity contribution is 0.0975. The van der Waals surface area contributed by atoms with Gasteiger partial charge in [-0.3, -0.25) is 9.48 Å². The van der Waals surface area contributed by atoms with Gasteiger partial charge in [0.15, 0.2) is 0 Å². The van der Waals surface area contributed by atoms with Crippen molar-refractivity contribution in [1.29, 1.82) is 0 Å². The number of nitrogens with one attached hydrogen (secondary N) is 1. The second-order valence-electron chi connectivity index (χ2n) is 6.14. The summed E-state index contributed by atoms with van der Waals surface area (Å²) in [5.41, 5.74) is 0.512. The van der Waals surface area contributed by atoms with Crippen molar-refractivity contribution < 1.29 is 27.4 Å². The molecule has 0 atom stereocenters. The van der Waals surface area contributed by atoms with Crippen molar-refractivity contribution in [2.45, 2.75) is 11.4 Å². The highest BCUT2D eigenvalue weighted by atomic mass is 35.5. The Balaban J connectivity index is 1.87. The van der Waals surface area contributed by atoms with E-state index in [1.165, 1.54) is 33.5 Å². The van der Waals surface area contributed by atoms with Crippen molar-refractivity contribution in [3.8, 4) is 17.4 Å². The van der Waals surface area contributed by atoms with Gasteiger partial charge in [0, 0.05) is 24.0 Å². The average molecular weight is 467 g/mol. The molecule has 164 valence electrons. The number of ether oxygens (including phenoxy) is 3. The lowest BCUT2D eigenvalue weighted by Crippen LogP contribution is -2.31. The van der Waals surface area contributed by atoms with Crippen molar-refractivity contribution in [3.63, 3.8) is 0 Å². The topological polar surface area (TPSA) is 122 Å². The summed E-state index contributed by atoms with van der Waals surface area (Å²) in [6.45, 7) is 0.366. The van der Waals surface area contributed by atoms with Gasteiger partial charge in [0.25, 0.3) is 15.9 Å². The fourth-order valence-corrected chi connectivity index (χ4v) is 4.18. The van der Waals surface area contributed by atoms with Gasteiger partial charge in [0.1, 0.15) is 22.1 Å². The van der Waals surface area contributed by atoms with Crippen molar-refractivity contribution in [1.82, 2.24) is 19.5 Å². The summed E-state index contributed by atoms with van der Waals surface area (Å²) < 4.78 is 44.6. The van der Waals surface area contributed by atoms with E-state index >= 15 is 0 Å². The van der Waals surface area contributed by atoms with E-state index < -0.39 is 15.9 Å². The number of sulfonamides is 1. The summed E-state index contributed by atoms with van der Waals surface area (Å²) in [6.07, 6.45) is 3.40. The van der Waals surface area contributed by atoms with E-state index in [4.69, 9.17) is 25.8 Å². The number of benzene rings is 1. The fourth-order valence-electron chi connectivity index (χ4n) is 2.73. The lowest BCUT2D eigenvalue weighted by Gasteiger charge is -2.14. The Morgan fingerprint density at radius 1 is 1.13 bits per heavy atom. The molecule has 0 spiro atoms. The maximum atomic E-state index is 12.8. The van der Waals surface area contributed by atoms with E-state index in [2.05, 4.69) is 10.1 Å². The average Bonchev–Trinajstić information content (AvgIpc) is 3.26. The van der Waals surface area contributed by atoms with Gasteiger partial charge in [-0.2, -0.15) is 5.10 Å². The van der Waals surface area contributed by atoms with Crippen molar-refractivity contribution in [2.75, 3.05) is 21.3 Å². The minimum Gasteiger partial charge on any atom is -0.495 e. The highest BCUT2D eigenvalue weighted by Gasteiger charge is 2.26. The Bertz CT molecular complexity index is 1200. The van der Waals surface area contributed by atoms with Gasteiger partial charge in [-0.1, -0.05) is 11.6 Å². The largest absolute Gasteiger partial charge is 0.495 e. The molecule has 0 bridgehead atoms. The maximum Gasteiger partial charge on any atom is 0.283 e. The number of rotatable bonds is 8. The fraction of sp³-hybridized carbons (Fsp3) is 0.211. The minimum atomic E-state index is -4.33. The second-order valence-corrected chi connectivity index (χ2v) is 8.20. The van der Waals surface area contributed by atoms with E-state index in [9.17, 15) is 13.2 Å². The van der Waals surface area contributed by atoms with Crippen LogP contribution in [0.3, 0.4) is 0 Å². The zero-order valence-electron chi connectivity index (χ0n) is 16.8. The third-order valence-electron chi connectivity index (χ3n) is 4.21. The first-order valence-corrected chi connectivity index (χ1v) is 10.6. The molecule has 0 aliphatic heterocycles. The standard InChI is InChI=1S/C19H19ClN4O6S/c1-28-15-10-16(29-2)17(9-13(15)20)31(26,27)23-18(25)14-6-5-12(19(22-14)30-3)11-24-8-4-7-21-24/h4-10H,11H2,1-3H3,(H,23,25). The number of amides is 1. The summed E-state index contributed by atoms with van der Waals surface area (Å²) >= 11 is 6.04. The number of carbonyl (C=O) groups excluding carboxylic acids is 1. The molecule has 31 heavy (non-hydrogen) atoms. The van der Waals surface area contributed by atoms with Crippen LogP contribution in [0.5, 0.6) is 17.4 Å². The summed E-state index contributed by atoms with van der Waals surface area (Å²) in [7, 11) is -0.261. The molecule has 1 N–H and O–H groups in total. The van der Waals surface area contributed by atoms with Crippen LogP contribution < -0.4 is 18.9 Å². The van der Waals surface area contributed by atoms with E-state index in [0.29, 0.717) is 12.1 Å². The van der Waals surface area contributed by atoms with E-state index in [0.717, 1.165) is 6.07 Å². The van der Waals surface area contributed by atoms with Crippen molar-refractivity contribution >= 4 is 27.5 Å². The molecule has 3 rings (SSSR count). The third kappa shape index (κ3) is 4.89. The molecule has 12 heteroatoms. The van der Waals surface area contributed by atoms with Crippen LogP contribution in [-0.2, 0) is 16.6 Å². The SMILES string of the molecule is COc1cc(OC)c(S(=O)(=O)NC(=O)c2ccc(Cn3cccn3)c(OC)n2)cc1Cl. The lowest BCUT2D eigenvalue weighted by atomic mass is 10.2. The predicted octanol–water partition coefficient (Wildman–Crippen LogP) is 2.12. The number of hydrogen-bond donors (Lipinski definition) is 1. The number of aromatic nitrogens is 3. The highest BCUT2D eigenvalue weighted by molar-refractivity contribution is 7.90. The van der Waals surface area contributed by atoms with Crippen LogP contribution in [0.15, 0.2) is 47.6 Å². The molecule has 0 aliphatic rings. The Morgan fingerprint density at radius 2 is 1.87 bits per heavy atom. The molecule has 0 aliphatic carbocycles. The van der Waals surface area contributed by atoms with Crippen molar-refractivity contribution in [2.24, 2.45) is 0 Å². The molecule has 0 saturated carbocycles. The number of pyridine rings is 1. The zero-order valence-corrected chi connectivity index (χ0v) is 18.4. The Labute approximate surface area is 183 Å². The summed E-state index contributed by atoms with van der Waals surface area (Å²) in [5, 5.41) is 4.15. The number of carbonyl (C=O) groups is 1. The third-order valence-corrected chi connectivity index (χ3v) is 5.86. The van der Waals surface area contributed by atoms with Gasteiger partial charge < -0.3 is 14.2 Å². The number of halogens is 1. The molecule has 0 saturated heterocycles. The van der Waals surface area contributed by atoms with Gasteiger partial charge in [0.05, 0.1) is 32.9 Å². The Hall–Kier alpha value is -3.31. The van der Waals surface area contributed by atoms with Crippen LogP contribution in [0.4, 0.5) is 0 Å². The second kappa shape index (κ2) is 9.23. The molecule has 1 aromatic carbocycles. The number of hydrogen-bond acceptors (Lipinski definition) is 8. The molecule has 2 aromatic heterocycles. The summed E-state index contributed by atoms with van der Waals surface area (Å²) in [6, 6.07) is 7.22. The summed E-state index contributed by atoms with van der Waals surface area (Å²) in [5.74, 6) is -0.590. The molecule has 1 amide bonds. The molecule has 2 heterocycles. The highest BCUT2D eigenvalue weighted by Crippen LogP contribution is 2.35. The van der Waals surface area contributed by atoms with Crippen LogP contribution in [0.2, 0.25) is 5.02 Å². The van der Waals surface area contributed by atoms with E-state index in [-0.39, 0.29) is 33.0 Å². The summed E-state index contributed by atoms with van der Waals surface area (Å²) in [4.78, 5) is 16.4. The van der Waals surface area contributed by atoms with Gasteiger partial charge in [0.2, 0.25) is 5.88 Å². The molecule has 3 aromatic rings. The van der Waals surface area contributed by atoms with Crippen molar-refractivity contribution in [3.05, 3.63) is 59.0 Å². The predicted molar refractivity (Wildman–Crippen MR) is 111 cm³/mol. The van der Waals surface area contributed by atoms with Crippen LogP contribution >= 0.6 is 11.6 Å². The zero-order chi connectivity index (χ0) is 22.6. The number of nitrogens with zero attached hydrogens (tertiary/aromatic N) is 3. The minimum absolute atomic E-state index is 0.0401. The molecule has 0 radical (unpaired) electrons. The normalized spacial score (nSPS) is 11.1. The molecular formula is C19H19ClN4O6S. The maximum absolute atomic E-state index is 12.8. The molecule has 0 unspecified atom stereocenters. The van der Waals surface area contributed by atoms with E-state index in [1.807, 2.05) is 4.72 Å². The quantitative estimate of drug-likeness (QED) is 0.535. The van der Waals surface area contributed by atoms with Crippen LogP contribution in [0, 0.1) is 0 Å². The first kappa shape index (κ1) is 22.4. The Morgan fingerprint density at radius 3 is 2.48 bits per heavy atom. The Kier molecular flexibility index (Phi) is 6.66. The van der Waals surface area contributed by atoms with Crippen LogP contribution in [0.25, 0.3) is 0 Å². The van der Waals surface area contributed by atoms with Gasteiger partial charge in [-0.25, -0.2) is 18.1 Å². The van der Waals surface area contributed by atoms with Gasteiger partial charge in [-0.15, -0.1) is 0 Å². The first-order chi connectivity index (χ1) is 14.8. The van der Waals surface area contributed by atoms with Gasteiger partial charge >= 0.3 is 0 Å². The first-order valence-electron chi connectivity index (χ1n) is 8.79. The molecule has 0 fully saturated rings. The van der Waals surface area contributed by atoms with Gasteiger partial charge in [-0.05, 0) is 24.3 Å². The monoisotopic (exact) mass is 466 g/mol.